The third kappa shape index (κ3) is 4.27. The van der Waals surface area contributed by atoms with Crippen LogP contribution >= 0.6 is 9.90 Å². The summed E-state index contributed by atoms with van der Waals surface area (Å²) >= 11 is 0. The summed E-state index contributed by atoms with van der Waals surface area (Å²) in [5.74, 6) is -1.74. The van der Waals surface area contributed by atoms with Gasteiger partial charge in [0.25, 0.3) is 0 Å². The number of ether oxygens (including phenoxy) is 2. The number of methoxy groups -OCH3 is 2. The van der Waals surface area contributed by atoms with Crippen LogP contribution in [0.1, 0.15) is 20.7 Å². The molecule has 9 heteroatoms. The van der Waals surface area contributed by atoms with Gasteiger partial charge in [-0.1, -0.05) is 0 Å². The Bertz CT molecular complexity index is 560. The van der Waals surface area contributed by atoms with Crippen molar-refractivity contribution in [2.24, 2.45) is 0 Å². The molecule has 0 spiro atoms. The van der Waals surface area contributed by atoms with Crippen molar-refractivity contribution in [1.29, 1.82) is 0 Å². The number of hydrogen-bond acceptors (Lipinski definition) is 7. The van der Waals surface area contributed by atoms with Gasteiger partial charge in [0.15, 0.2) is 0 Å². The van der Waals surface area contributed by atoms with E-state index in [1.54, 1.807) is 0 Å². The fourth-order valence-corrected chi connectivity index (χ4v) is 1.76. The second-order valence-corrected chi connectivity index (χ2v) is 4.56. The van der Waals surface area contributed by atoms with E-state index in [1.807, 2.05) is 0 Å². The first-order chi connectivity index (χ1) is 8.29. The molecule has 0 saturated heterocycles. The van der Waals surface area contributed by atoms with Crippen LogP contribution in [0.3, 0.4) is 0 Å². The molecule has 1 unspecified atom stereocenters. The van der Waals surface area contributed by atoms with E-state index in [1.165, 1.54) is 0 Å². The van der Waals surface area contributed by atoms with Crippen LogP contribution < -0.4 is 0 Å². The summed E-state index contributed by atoms with van der Waals surface area (Å²) in [7, 11) is -2.63. The summed E-state index contributed by atoms with van der Waals surface area (Å²) < 4.78 is 41.5. The molecule has 0 fully saturated rings. The zero-order chi connectivity index (χ0) is 13.9. The molecular weight excluding hydrogens is 295 g/mol. The Hall–Kier alpha value is -1.50. The highest BCUT2D eigenvalue weighted by molar-refractivity contribution is 7.85. The van der Waals surface area contributed by atoms with E-state index >= 15 is 0 Å². The number of rotatable bonds is 3. The minimum absolute atomic E-state index is 0. The molecule has 19 heavy (non-hydrogen) atoms. The summed E-state index contributed by atoms with van der Waals surface area (Å²) in [6.07, 6.45) is 0. The van der Waals surface area contributed by atoms with Crippen molar-refractivity contribution in [3.63, 3.8) is 0 Å². The molecule has 0 amide bonds. The predicted octanol–water partition coefficient (Wildman–Crippen LogP) is -0.0457. The van der Waals surface area contributed by atoms with E-state index in [-0.39, 0.29) is 21.0 Å². The number of carbonyl (C=O) groups is 2. The summed E-state index contributed by atoms with van der Waals surface area (Å²) in [6.45, 7) is 0. The van der Waals surface area contributed by atoms with Crippen LogP contribution in [0.15, 0.2) is 23.1 Å². The van der Waals surface area contributed by atoms with Gasteiger partial charge in [0.2, 0.25) is 0 Å². The highest BCUT2D eigenvalue weighted by Gasteiger charge is 2.16. The fourth-order valence-electron chi connectivity index (χ4n) is 1.21. The van der Waals surface area contributed by atoms with E-state index < -0.39 is 27.0 Å². The molecule has 0 radical (unpaired) electrons. The van der Waals surface area contributed by atoms with E-state index in [2.05, 4.69) is 9.47 Å². The molecule has 0 heterocycles. The molecule has 106 valence electrons. The van der Waals surface area contributed by atoms with Gasteiger partial charge in [0.1, 0.15) is 10.1 Å². The monoisotopic (exact) mass is 308 g/mol. The molecule has 0 aliphatic carbocycles. The normalized spacial score (nSPS) is 10.3. The van der Waals surface area contributed by atoms with Crippen molar-refractivity contribution in [3.8, 4) is 0 Å². The Morgan fingerprint density at radius 2 is 1.37 bits per heavy atom. The highest BCUT2D eigenvalue weighted by atomic mass is 32.2. The topological polar surface area (TPSA) is 110 Å². The van der Waals surface area contributed by atoms with E-state index in [9.17, 15) is 22.6 Å². The van der Waals surface area contributed by atoms with Crippen LogP contribution in [0, 0.1) is 0 Å². The van der Waals surface area contributed by atoms with Crippen molar-refractivity contribution in [1.82, 2.24) is 0 Å². The Morgan fingerprint density at radius 1 is 1.00 bits per heavy atom. The lowest BCUT2D eigenvalue weighted by Crippen LogP contribution is -2.10. The highest BCUT2D eigenvalue weighted by Crippen LogP contribution is 2.16. The summed E-state index contributed by atoms with van der Waals surface area (Å²) in [5.41, 5.74) is -0.454. The van der Waals surface area contributed by atoms with E-state index in [0.29, 0.717) is 0 Å². The van der Waals surface area contributed by atoms with Crippen LogP contribution in [-0.4, -0.2) is 39.1 Å². The van der Waals surface area contributed by atoms with Crippen LogP contribution in [0.5, 0.6) is 0 Å². The maximum absolute atomic E-state index is 11.3. The van der Waals surface area contributed by atoms with Gasteiger partial charge < -0.3 is 14.0 Å². The Balaban J connectivity index is 0.00000324. The quantitative estimate of drug-likeness (QED) is 0.437. The van der Waals surface area contributed by atoms with Crippen molar-refractivity contribution >= 4 is 32.0 Å². The van der Waals surface area contributed by atoms with Crippen molar-refractivity contribution in [3.05, 3.63) is 29.3 Å². The number of hydrogen-bond donors (Lipinski definition) is 0. The average molecular weight is 308 g/mol. The standard InChI is InChI=1S/C10H10O7S.H3P/c1-16-9(11)6-3-7(10(12)17-2)5-8(4-6)18(13,14)15;/h3-5H,1-2H3,(H,13,14,15);1H3. The zero-order valence-electron chi connectivity index (χ0n) is 10.5. The molecule has 0 N–H and O–H groups in total. The van der Waals surface area contributed by atoms with Crippen LogP contribution in [0.2, 0.25) is 0 Å². The maximum Gasteiger partial charge on any atom is 0.337 e. The first kappa shape index (κ1) is 17.5. The molecule has 1 rings (SSSR count). The third-order valence-electron chi connectivity index (χ3n) is 2.04. The third-order valence-corrected chi connectivity index (χ3v) is 2.85. The van der Waals surface area contributed by atoms with Gasteiger partial charge in [-0.15, -0.1) is 0 Å². The second kappa shape index (κ2) is 6.60. The van der Waals surface area contributed by atoms with Gasteiger partial charge in [-0.25, -0.2) is 18.0 Å². The summed E-state index contributed by atoms with van der Waals surface area (Å²) in [6, 6.07) is 2.74. The number of esters is 2. The molecule has 0 aliphatic rings. The Labute approximate surface area is 113 Å². The predicted molar refractivity (Wildman–Crippen MR) is 69.6 cm³/mol. The molecule has 1 atom stereocenters. The largest absolute Gasteiger partial charge is 0.744 e. The Kier molecular flexibility index (Phi) is 6.08. The lowest BCUT2D eigenvalue weighted by molar-refractivity contribution is 0.0598. The molecule has 7 nitrogen and oxygen atoms in total. The van der Waals surface area contributed by atoms with Gasteiger partial charge >= 0.3 is 11.9 Å². The number of carbonyl (C=O) groups excluding carboxylic acids is 2. The SMILES string of the molecule is COC(=O)c1cc(C(=O)OC)cc(S(=O)(=O)[O-])c1.[PH4+]. The second-order valence-electron chi connectivity index (χ2n) is 3.18. The van der Waals surface area contributed by atoms with Gasteiger partial charge in [-0.05, 0) is 28.1 Å². The zero-order valence-corrected chi connectivity index (χ0v) is 13.3. The van der Waals surface area contributed by atoms with Crippen LogP contribution in [0.25, 0.3) is 0 Å². The Morgan fingerprint density at radius 3 is 1.63 bits per heavy atom. The lowest BCUT2D eigenvalue weighted by atomic mass is 10.1. The molecule has 0 bridgehead atoms. The van der Waals surface area contributed by atoms with E-state index in [4.69, 9.17) is 0 Å². The number of benzene rings is 1. The van der Waals surface area contributed by atoms with Crippen LogP contribution in [0.4, 0.5) is 0 Å². The van der Waals surface area contributed by atoms with Crippen LogP contribution in [-0.2, 0) is 19.6 Å². The summed E-state index contributed by atoms with van der Waals surface area (Å²) in [5, 5.41) is 0. The van der Waals surface area contributed by atoms with Crippen molar-refractivity contribution < 1.29 is 32.0 Å². The van der Waals surface area contributed by atoms with Crippen molar-refractivity contribution in [2.45, 2.75) is 4.90 Å². The minimum Gasteiger partial charge on any atom is -0.744 e. The van der Waals surface area contributed by atoms with Gasteiger partial charge in [-0.2, -0.15) is 0 Å². The van der Waals surface area contributed by atoms with E-state index in [0.717, 1.165) is 32.4 Å². The molecule has 0 saturated carbocycles. The van der Waals surface area contributed by atoms with Gasteiger partial charge in [0, 0.05) is 0 Å². The minimum atomic E-state index is -4.80. The maximum atomic E-state index is 11.3. The average Bonchev–Trinajstić information content (AvgIpc) is 2.35. The molecule has 1 aromatic carbocycles. The van der Waals surface area contributed by atoms with Gasteiger partial charge in [0.05, 0.1) is 30.2 Å². The molecular formula is C10H13O7PS. The smallest absolute Gasteiger partial charge is 0.337 e. The molecule has 1 aromatic rings. The first-order valence-electron chi connectivity index (χ1n) is 4.57. The fraction of sp³-hybridized carbons (Fsp3) is 0.200. The molecule has 0 aliphatic heterocycles. The molecule has 0 aromatic heterocycles. The summed E-state index contributed by atoms with van der Waals surface area (Å²) in [4.78, 5) is 21.9. The van der Waals surface area contributed by atoms with Crippen molar-refractivity contribution in [2.75, 3.05) is 14.2 Å². The lowest BCUT2D eigenvalue weighted by Gasteiger charge is -2.10. The first-order valence-corrected chi connectivity index (χ1v) is 5.98. The van der Waals surface area contributed by atoms with Gasteiger partial charge in [-0.3, -0.25) is 0 Å².